The monoisotopic (exact) mass is 345 g/mol. The summed E-state index contributed by atoms with van der Waals surface area (Å²) in [4.78, 5) is 8.92. The average Bonchev–Trinajstić information content (AvgIpc) is 2.63. The van der Waals surface area contributed by atoms with Gasteiger partial charge in [0.05, 0.1) is 23.9 Å². The third-order valence-electron chi connectivity index (χ3n) is 3.55. The van der Waals surface area contributed by atoms with E-state index >= 15 is 0 Å². The number of nitriles is 1. The van der Waals surface area contributed by atoms with Crippen molar-refractivity contribution in [2.24, 2.45) is 0 Å². The quantitative estimate of drug-likeness (QED) is 0.682. The Hall–Kier alpha value is -3.59. The normalized spacial score (nSPS) is 10.0. The van der Waals surface area contributed by atoms with Crippen LogP contribution in [0.2, 0.25) is 0 Å². The summed E-state index contributed by atoms with van der Waals surface area (Å²) >= 11 is 0. The van der Waals surface area contributed by atoms with Crippen molar-refractivity contribution in [3.05, 3.63) is 65.9 Å². The van der Waals surface area contributed by atoms with Crippen molar-refractivity contribution in [3.63, 3.8) is 0 Å². The molecule has 0 saturated heterocycles. The lowest BCUT2D eigenvalue weighted by Crippen LogP contribution is -2.03. The molecule has 0 radical (unpaired) electrons. The Labute approximate surface area is 152 Å². The van der Waals surface area contributed by atoms with E-state index in [4.69, 9.17) is 10.00 Å². The second kappa shape index (κ2) is 7.99. The van der Waals surface area contributed by atoms with Crippen LogP contribution < -0.4 is 15.4 Å². The molecule has 0 unspecified atom stereocenters. The second-order valence-corrected chi connectivity index (χ2v) is 5.59. The van der Waals surface area contributed by atoms with Gasteiger partial charge in [0.2, 0.25) is 5.95 Å². The fraction of sp³-hybridized carbons (Fsp3) is 0.150. The Morgan fingerprint density at radius 1 is 1.04 bits per heavy atom. The molecule has 0 spiro atoms. The van der Waals surface area contributed by atoms with Gasteiger partial charge in [-0.1, -0.05) is 18.2 Å². The smallest absolute Gasteiger partial charge is 0.229 e. The minimum atomic E-state index is 0.455. The van der Waals surface area contributed by atoms with Crippen molar-refractivity contribution < 1.29 is 4.74 Å². The summed E-state index contributed by atoms with van der Waals surface area (Å²) in [7, 11) is 0. The number of para-hydroxylation sites is 2. The molecule has 0 aliphatic carbocycles. The molecule has 0 atom stereocenters. The Morgan fingerprint density at radius 2 is 1.88 bits per heavy atom. The van der Waals surface area contributed by atoms with Crippen LogP contribution in [0.25, 0.3) is 0 Å². The van der Waals surface area contributed by atoms with Gasteiger partial charge in [0.25, 0.3) is 0 Å². The minimum absolute atomic E-state index is 0.455. The van der Waals surface area contributed by atoms with Crippen LogP contribution in [0.4, 0.5) is 23.1 Å². The van der Waals surface area contributed by atoms with Crippen molar-refractivity contribution in [2.75, 3.05) is 17.2 Å². The van der Waals surface area contributed by atoms with E-state index < -0.39 is 0 Å². The van der Waals surface area contributed by atoms with E-state index in [1.165, 1.54) is 0 Å². The molecule has 0 saturated carbocycles. The van der Waals surface area contributed by atoms with Gasteiger partial charge >= 0.3 is 0 Å². The molecule has 3 aromatic rings. The fourth-order valence-electron chi connectivity index (χ4n) is 2.47. The van der Waals surface area contributed by atoms with Crippen LogP contribution in [0, 0.1) is 18.3 Å². The predicted molar refractivity (Wildman–Crippen MR) is 102 cm³/mol. The third kappa shape index (κ3) is 4.28. The number of aryl methyl sites for hydroxylation is 1. The van der Waals surface area contributed by atoms with Crippen molar-refractivity contribution in [1.29, 1.82) is 5.26 Å². The summed E-state index contributed by atoms with van der Waals surface area (Å²) < 4.78 is 5.64. The molecule has 6 nitrogen and oxygen atoms in total. The highest BCUT2D eigenvalue weighted by Gasteiger charge is 2.07. The molecule has 26 heavy (non-hydrogen) atoms. The first-order valence-corrected chi connectivity index (χ1v) is 8.29. The third-order valence-corrected chi connectivity index (χ3v) is 3.55. The van der Waals surface area contributed by atoms with Crippen LogP contribution >= 0.6 is 0 Å². The molecule has 6 heteroatoms. The first kappa shape index (κ1) is 17.2. The molecule has 2 aromatic carbocycles. The highest BCUT2D eigenvalue weighted by Crippen LogP contribution is 2.27. The molecule has 1 heterocycles. The molecule has 0 amide bonds. The van der Waals surface area contributed by atoms with Crippen molar-refractivity contribution in [1.82, 2.24) is 9.97 Å². The van der Waals surface area contributed by atoms with Gasteiger partial charge in [-0.25, -0.2) is 4.98 Å². The van der Waals surface area contributed by atoms with Crippen molar-refractivity contribution >= 4 is 23.1 Å². The lowest BCUT2D eigenvalue weighted by Gasteiger charge is -2.13. The van der Waals surface area contributed by atoms with Crippen LogP contribution in [0.5, 0.6) is 5.75 Å². The number of nitrogens with one attached hydrogen (secondary N) is 2. The predicted octanol–water partition coefficient (Wildman–Crippen LogP) is 4.54. The van der Waals surface area contributed by atoms with E-state index in [9.17, 15) is 0 Å². The number of rotatable bonds is 6. The topological polar surface area (TPSA) is 82.9 Å². The molecule has 0 aliphatic heterocycles. The standard InChI is InChI=1S/C20H19N5O/c1-3-26-18-10-5-4-9-17(18)24-19-11-14(2)22-20(25-19)23-16-8-6-7-15(12-16)13-21/h4-12H,3H2,1-2H3,(H2,22,23,24,25). The highest BCUT2D eigenvalue weighted by atomic mass is 16.5. The summed E-state index contributed by atoms with van der Waals surface area (Å²) in [5, 5.41) is 15.4. The van der Waals surface area contributed by atoms with E-state index in [1.807, 2.05) is 56.3 Å². The Balaban J connectivity index is 1.85. The van der Waals surface area contributed by atoms with Crippen LogP contribution in [-0.4, -0.2) is 16.6 Å². The number of benzene rings is 2. The molecule has 3 rings (SSSR count). The lowest BCUT2D eigenvalue weighted by atomic mass is 10.2. The van der Waals surface area contributed by atoms with Crippen LogP contribution in [0.15, 0.2) is 54.6 Å². The minimum Gasteiger partial charge on any atom is -0.492 e. The molecule has 130 valence electrons. The molecule has 2 N–H and O–H groups in total. The van der Waals surface area contributed by atoms with E-state index in [-0.39, 0.29) is 0 Å². The number of ether oxygens (including phenoxy) is 1. The first-order valence-electron chi connectivity index (χ1n) is 8.29. The average molecular weight is 345 g/mol. The van der Waals surface area contributed by atoms with Gasteiger partial charge < -0.3 is 15.4 Å². The molecule has 1 aromatic heterocycles. The SMILES string of the molecule is CCOc1ccccc1Nc1cc(C)nc(Nc2cccc(C#N)c2)n1. The van der Waals surface area contributed by atoms with Crippen LogP contribution in [-0.2, 0) is 0 Å². The maximum Gasteiger partial charge on any atom is 0.229 e. The van der Waals surface area contributed by atoms with Crippen LogP contribution in [0.3, 0.4) is 0 Å². The van der Waals surface area contributed by atoms with Gasteiger partial charge in [0.15, 0.2) is 0 Å². The molecule has 0 aliphatic rings. The Morgan fingerprint density at radius 3 is 2.69 bits per heavy atom. The van der Waals surface area contributed by atoms with Gasteiger partial charge in [-0.2, -0.15) is 10.2 Å². The van der Waals surface area contributed by atoms with Crippen molar-refractivity contribution in [3.8, 4) is 11.8 Å². The maximum absolute atomic E-state index is 9.02. The zero-order valence-corrected chi connectivity index (χ0v) is 14.7. The maximum atomic E-state index is 9.02. The van der Waals surface area contributed by atoms with Gasteiger partial charge in [-0.15, -0.1) is 0 Å². The van der Waals surface area contributed by atoms with E-state index in [0.717, 1.165) is 22.8 Å². The van der Waals surface area contributed by atoms with E-state index in [0.29, 0.717) is 23.9 Å². The highest BCUT2D eigenvalue weighted by molar-refractivity contribution is 5.65. The van der Waals surface area contributed by atoms with Gasteiger partial charge in [-0.05, 0) is 44.2 Å². The zero-order chi connectivity index (χ0) is 18.4. The van der Waals surface area contributed by atoms with Gasteiger partial charge in [-0.3, -0.25) is 0 Å². The molecular weight excluding hydrogens is 326 g/mol. The number of hydrogen-bond acceptors (Lipinski definition) is 6. The number of hydrogen-bond donors (Lipinski definition) is 2. The van der Waals surface area contributed by atoms with Crippen molar-refractivity contribution in [2.45, 2.75) is 13.8 Å². The molecular formula is C20H19N5O. The Kier molecular flexibility index (Phi) is 5.30. The number of aromatic nitrogens is 2. The fourth-order valence-corrected chi connectivity index (χ4v) is 2.47. The van der Waals surface area contributed by atoms with Gasteiger partial charge in [0.1, 0.15) is 11.6 Å². The Bertz CT molecular complexity index is 949. The van der Waals surface area contributed by atoms with E-state index in [2.05, 4.69) is 26.7 Å². The summed E-state index contributed by atoms with van der Waals surface area (Å²) in [6, 6.07) is 18.9. The lowest BCUT2D eigenvalue weighted by molar-refractivity contribution is 0.342. The molecule has 0 bridgehead atoms. The van der Waals surface area contributed by atoms with E-state index in [1.54, 1.807) is 12.1 Å². The number of nitrogens with zero attached hydrogens (tertiary/aromatic N) is 3. The summed E-state index contributed by atoms with van der Waals surface area (Å²) in [5.74, 6) is 1.88. The first-order chi connectivity index (χ1) is 12.7. The summed E-state index contributed by atoms with van der Waals surface area (Å²) in [6.45, 7) is 4.44. The number of anilines is 4. The summed E-state index contributed by atoms with van der Waals surface area (Å²) in [6.07, 6.45) is 0. The molecule has 0 fully saturated rings. The zero-order valence-electron chi connectivity index (χ0n) is 14.7. The summed E-state index contributed by atoms with van der Waals surface area (Å²) in [5.41, 5.74) is 2.99. The van der Waals surface area contributed by atoms with Gasteiger partial charge in [0, 0.05) is 17.4 Å². The largest absolute Gasteiger partial charge is 0.492 e. The van der Waals surface area contributed by atoms with Crippen LogP contribution in [0.1, 0.15) is 18.2 Å². The second-order valence-electron chi connectivity index (χ2n) is 5.59.